The van der Waals surface area contributed by atoms with Crippen LogP contribution in [-0.2, 0) is 11.2 Å². The molecule has 0 saturated carbocycles. The molecule has 2 aliphatic rings. The summed E-state index contributed by atoms with van der Waals surface area (Å²) in [5.74, 6) is 0.108. The van der Waals surface area contributed by atoms with Gasteiger partial charge in [-0.1, -0.05) is 18.2 Å². The van der Waals surface area contributed by atoms with Crippen LogP contribution in [0.2, 0.25) is 0 Å². The number of aromatic nitrogens is 1. The second kappa shape index (κ2) is 5.21. The lowest BCUT2D eigenvalue weighted by Crippen LogP contribution is -2.46. The lowest BCUT2D eigenvalue weighted by Gasteiger charge is -2.40. The third-order valence-corrected chi connectivity index (χ3v) is 5.78. The van der Waals surface area contributed by atoms with E-state index in [1.165, 1.54) is 22.1 Å². The van der Waals surface area contributed by atoms with E-state index >= 15 is 0 Å². The maximum Gasteiger partial charge on any atom is 0.230 e. The van der Waals surface area contributed by atoms with Crippen LogP contribution in [-0.4, -0.2) is 54.4 Å². The fourth-order valence-corrected chi connectivity index (χ4v) is 4.56. The Morgan fingerprint density at radius 1 is 1.39 bits per heavy atom. The SMILES string of the molecule is CN(C)C(=O)[C@@H]1C=C2c3cccc4[nH]c(Br)c(c34)C[C@H]2N(C)C1. The van der Waals surface area contributed by atoms with E-state index in [1.807, 2.05) is 14.1 Å². The first kappa shape index (κ1) is 15.0. The molecule has 1 aromatic carbocycles. The van der Waals surface area contributed by atoms with Crippen LogP contribution in [0.1, 0.15) is 11.1 Å². The minimum absolute atomic E-state index is 0.0690. The molecule has 2 atom stereocenters. The van der Waals surface area contributed by atoms with E-state index in [4.69, 9.17) is 0 Å². The van der Waals surface area contributed by atoms with E-state index in [0.717, 1.165) is 23.1 Å². The number of likely N-dealkylation sites (N-methyl/N-ethyl adjacent to an activating group) is 1. The van der Waals surface area contributed by atoms with Crippen LogP contribution < -0.4 is 0 Å². The molecule has 5 heteroatoms. The van der Waals surface area contributed by atoms with Gasteiger partial charge >= 0.3 is 0 Å². The van der Waals surface area contributed by atoms with Crippen molar-refractivity contribution in [1.82, 2.24) is 14.8 Å². The average molecular weight is 374 g/mol. The first-order chi connectivity index (χ1) is 11.0. The molecule has 4 rings (SSSR count). The third-order valence-electron chi connectivity index (χ3n) is 5.10. The summed E-state index contributed by atoms with van der Waals surface area (Å²) in [5, 5.41) is 1.30. The first-order valence-corrected chi connectivity index (χ1v) is 8.69. The number of fused-ring (bicyclic) bond motifs is 2. The van der Waals surface area contributed by atoms with Crippen molar-refractivity contribution in [1.29, 1.82) is 0 Å². The van der Waals surface area contributed by atoms with Gasteiger partial charge in [-0.25, -0.2) is 0 Å². The highest BCUT2D eigenvalue weighted by Gasteiger charge is 2.36. The molecule has 0 bridgehead atoms. The summed E-state index contributed by atoms with van der Waals surface area (Å²) in [4.78, 5) is 19.9. The summed E-state index contributed by atoms with van der Waals surface area (Å²) in [7, 11) is 5.78. The topological polar surface area (TPSA) is 39.3 Å². The second-order valence-corrected chi connectivity index (χ2v) is 7.56. The Balaban J connectivity index is 1.90. The van der Waals surface area contributed by atoms with Gasteiger partial charge in [-0.3, -0.25) is 9.69 Å². The van der Waals surface area contributed by atoms with Gasteiger partial charge in [0.15, 0.2) is 0 Å². The van der Waals surface area contributed by atoms with E-state index in [2.05, 4.69) is 57.1 Å². The molecule has 120 valence electrons. The minimum Gasteiger partial charge on any atom is -0.349 e. The van der Waals surface area contributed by atoms with Crippen molar-refractivity contribution in [2.75, 3.05) is 27.7 Å². The van der Waals surface area contributed by atoms with Crippen LogP contribution in [0.25, 0.3) is 16.5 Å². The number of H-pyrrole nitrogens is 1. The Bertz CT molecular complexity index is 836. The molecule has 0 saturated heterocycles. The van der Waals surface area contributed by atoms with Crippen LogP contribution in [0.15, 0.2) is 28.9 Å². The largest absolute Gasteiger partial charge is 0.349 e. The highest BCUT2D eigenvalue weighted by Crippen LogP contribution is 2.43. The summed E-state index contributed by atoms with van der Waals surface area (Å²) >= 11 is 3.67. The Morgan fingerprint density at radius 2 is 2.17 bits per heavy atom. The number of hydrogen-bond donors (Lipinski definition) is 1. The van der Waals surface area contributed by atoms with Crippen molar-refractivity contribution < 1.29 is 4.79 Å². The summed E-state index contributed by atoms with van der Waals surface area (Å²) in [6, 6.07) is 6.72. The molecule has 1 aliphatic heterocycles. The number of rotatable bonds is 1. The number of benzene rings is 1. The maximum absolute atomic E-state index is 12.5. The van der Waals surface area contributed by atoms with Gasteiger partial charge in [0.05, 0.1) is 10.5 Å². The predicted molar refractivity (Wildman–Crippen MR) is 96.3 cm³/mol. The van der Waals surface area contributed by atoms with E-state index < -0.39 is 0 Å². The van der Waals surface area contributed by atoms with Gasteiger partial charge in [-0.2, -0.15) is 0 Å². The molecule has 1 aliphatic carbocycles. The van der Waals surface area contributed by atoms with Gasteiger partial charge in [0.25, 0.3) is 0 Å². The quantitative estimate of drug-likeness (QED) is 0.834. The van der Waals surface area contributed by atoms with Crippen LogP contribution >= 0.6 is 15.9 Å². The lowest BCUT2D eigenvalue weighted by atomic mass is 9.79. The van der Waals surface area contributed by atoms with Crippen molar-refractivity contribution >= 4 is 38.3 Å². The van der Waals surface area contributed by atoms with Gasteiger partial charge in [0.2, 0.25) is 5.91 Å². The monoisotopic (exact) mass is 373 g/mol. The number of nitrogens with one attached hydrogen (secondary N) is 1. The van der Waals surface area contributed by atoms with Crippen molar-refractivity contribution in [2.24, 2.45) is 5.92 Å². The van der Waals surface area contributed by atoms with Gasteiger partial charge in [0.1, 0.15) is 0 Å². The maximum atomic E-state index is 12.5. The first-order valence-electron chi connectivity index (χ1n) is 7.90. The zero-order valence-corrected chi connectivity index (χ0v) is 15.1. The number of nitrogens with zero attached hydrogens (tertiary/aromatic N) is 2. The van der Waals surface area contributed by atoms with Crippen molar-refractivity contribution in [3.05, 3.63) is 40.0 Å². The molecule has 0 fully saturated rings. The van der Waals surface area contributed by atoms with Crippen LogP contribution in [0, 0.1) is 5.92 Å². The standard InChI is InChI=1S/C18H20BrN3O/c1-21(2)18(23)10-7-12-11-5-4-6-14-16(11)13(17(19)20-14)8-15(12)22(3)9-10/h4-7,10,15,20H,8-9H2,1-3H3/t10-,15-/m1/s1. The molecule has 1 N–H and O–H groups in total. The fourth-order valence-electron chi connectivity index (χ4n) is 3.98. The van der Waals surface area contributed by atoms with E-state index in [0.29, 0.717) is 6.04 Å². The van der Waals surface area contributed by atoms with Crippen molar-refractivity contribution in [3.63, 3.8) is 0 Å². The summed E-state index contributed by atoms with van der Waals surface area (Å²) in [5.41, 5.74) is 5.07. The molecule has 2 aromatic rings. The van der Waals surface area contributed by atoms with E-state index in [-0.39, 0.29) is 11.8 Å². The summed E-state index contributed by atoms with van der Waals surface area (Å²) in [6.45, 7) is 0.776. The molecule has 4 nitrogen and oxygen atoms in total. The molecule has 1 aromatic heterocycles. The smallest absolute Gasteiger partial charge is 0.230 e. The molecular weight excluding hydrogens is 354 g/mol. The fraction of sp³-hybridized carbons (Fsp3) is 0.389. The van der Waals surface area contributed by atoms with E-state index in [9.17, 15) is 4.79 Å². The normalized spacial score (nSPS) is 23.6. The molecule has 2 heterocycles. The zero-order valence-electron chi connectivity index (χ0n) is 13.6. The molecular formula is C18H20BrN3O. The average Bonchev–Trinajstić information content (AvgIpc) is 2.84. The van der Waals surface area contributed by atoms with Crippen LogP contribution in [0.3, 0.4) is 0 Å². The Kier molecular flexibility index (Phi) is 3.39. The summed E-state index contributed by atoms with van der Waals surface area (Å²) in [6.07, 6.45) is 3.18. The molecule has 1 amide bonds. The van der Waals surface area contributed by atoms with E-state index in [1.54, 1.807) is 4.90 Å². The number of amides is 1. The Morgan fingerprint density at radius 3 is 2.91 bits per heavy atom. The van der Waals surface area contributed by atoms with Crippen molar-refractivity contribution in [3.8, 4) is 0 Å². The van der Waals surface area contributed by atoms with Gasteiger partial charge in [-0.05, 0) is 52.2 Å². The lowest BCUT2D eigenvalue weighted by molar-refractivity contribution is -0.132. The highest BCUT2D eigenvalue weighted by atomic mass is 79.9. The molecule has 23 heavy (non-hydrogen) atoms. The van der Waals surface area contributed by atoms with Crippen LogP contribution in [0.4, 0.5) is 0 Å². The van der Waals surface area contributed by atoms with Gasteiger partial charge in [-0.15, -0.1) is 0 Å². The number of carbonyl (C=O) groups excluding carboxylic acids is 1. The number of hydrogen-bond acceptors (Lipinski definition) is 2. The number of aromatic amines is 1. The predicted octanol–water partition coefficient (Wildman–Crippen LogP) is 2.89. The molecule has 0 spiro atoms. The van der Waals surface area contributed by atoms with Crippen LogP contribution in [0.5, 0.6) is 0 Å². The van der Waals surface area contributed by atoms with Gasteiger partial charge < -0.3 is 9.88 Å². The second-order valence-electron chi connectivity index (χ2n) is 6.77. The summed E-state index contributed by atoms with van der Waals surface area (Å²) < 4.78 is 1.08. The van der Waals surface area contributed by atoms with Crippen molar-refractivity contribution in [2.45, 2.75) is 12.5 Å². The Labute approximate surface area is 144 Å². The zero-order chi connectivity index (χ0) is 16.3. The molecule has 0 radical (unpaired) electrons. The molecule has 0 unspecified atom stereocenters. The third kappa shape index (κ3) is 2.17. The number of carbonyl (C=O) groups is 1. The van der Waals surface area contributed by atoms with Gasteiger partial charge in [0, 0.05) is 37.6 Å². The highest BCUT2D eigenvalue weighted by molar-refractivity contribution is 9.10. The minimum atomic E-state index is -0.0690. The Hall–Kier alpha value is -1.59. The number of halogens is 1.